The van der Waals surface area contributed by atoms with Crippen LogP contribution < -0.4 is 10.2 Å². The number of halogens is 1. The minimum absolute atomic E-state index is 0.246. The first-order valence-corrected chi connectivity index (χ1v) is 7.44. The van der Waals surface area contributed by atoms with Crippen molar-refractivity contribution in [1.82, 2.24) is 5.32 Å². The molecule has 122 valence electrons. The molecule has 2 aliphatic rings. The minimum Gasteiger partial charge on any atom is -0.368 e. The standard InChI is InChI=1S/C15H16FN3O4/c16-11-8-10(19(22)23)3-4-12(11)18-7-6-15(9-18)5-1-2-13(20)17-14(15)21/h3-4,8H,1-2,5-7,9H2,(H,17,20,21). The largest absolute Gasteiger partial charge is 0.368 e. The van der Waals surface area contributed by atoms with Gasteiger partial charge in [0.05, 0.1) is 22.1 Å². The Labute approximate surface area is 131 Å². The average molecular weight is 321 g/mol. The van der Waals surface area contributed by atoms with Crippen LogP contribution in [0, 0.1) is 21.3 Å². The quantitative estimate of drug-likeness (QED) is 0.509. The molecular weight excluding hydrogens is 305 g/mol. The summed E-state index contributed by atoms with van der Waals surface area (Å²) in [7, 11) is 0. The highest BCUT2D eigenvalue weighted by atomic mass is 19.1. The number of benzene rings is 1. The third kappa shape index (κ3) is 2.76. The van der Waals surface area contributed by atoms with Gasteiger partial charge in [-0.1, -0.05) is 0 Å². The lowest BCUT2D eigenvalue weighted by Crippen LogP contribution is -2.43. The van der Waals surface area contributed by atoms with Crippen LogP contribution in [-0.2, 0) is 9.59 Å². The topological polar surface area (TPSA) is 92.6 Å². The van der Waals surface area contributed by atoms with Gasteiger partial charge in [0, 0.05) is 25.6 Å². The summed E-state index contributed by atoms with van der Waals surface area (Å²) in [6.07, 6.45) is 2.05. The first-order chi connectivity index (χ1) is 10.9. The molecule has 2 aliphatic heterocycles. The van der Waals surface area contributed by atoms with E-state index in [1.54, 1.807) is 4.90 Å². The fourth-order valence-corrected chi connectivity index (χ4v) is 3.36. The number of amides is 2. The number of imide groups is 1. The van der Waals surface area contributed by atoms with E-state index in [4.69, 9.17) is 0 Å². The maximum atomic E-state index is 14.2. The number of non-ortho nitro benzene ring substituents is 1. The van der Waals surface area contributed by atoms with E-state index in [0.717, 1.165) is 6.07 Å². The van der Waals surface area contributed by atoms with Gasteiger partial charge in [-0.25, -0.2) is 4.39 Å². The van der Waals surface area contributed by atoms with Gasteiger partial charge in [-0.15, -0.1) is 0 Å². The lowest BCUT2D eigenvalue weighted by Gasteiger charge is -2.26. The molecule has 1 spiro atoms. The summed E-state index contributed by atoms with van der Waals surface area (Å²) in [6.45, 7) is 0.775. The smallest absolute Gasteiger partial charge is 0.272 e. The van der Waals surface area contributed by atoms with Gasteiger partial charge in [0.15, 0.2) is 5.82 Å². The molecule has 0 bridgehead atoms. The fraction of sp³-hybridized carbons (Fsp3) is 0.467. The van der Waals surface area contributed by atoms with Crippen LogP contribution in [0.15, 0.2) is 18.2 Å². The summed E-state index contributed by atoms with van der Waals surface area (Å²) < 4.78 is 14.2. The Morgan fingerprint density at radius 3 is 2.78 bits per heavy atom. The molecule has 2 heterocycles. The lowest BCUT2D eigenvalue weighted by molar-refractivity contribution is -0.385. The average Bonchev–Trinajstić information content (AvgIpc) is 2.86. The number of nitro groups is 1. The molecule has 0 saturated carbocycles. The molecule has 1 unspecified atom stereocenters. The molecule has 1 atom stereocenters. The van der Waals surface area contributed by atoms with Crippen molar-refractivity contribution in [1.29, 1.82) is 0 Å². The number of carbonyl (C=O) groups is 2. The van der Waals surface area contributed by atoms with Crippen molar-refractivity contribution in [3.63, 3.8) is 0 Å². The van der Waals surface area contributed by atoms with Crippen molar-refractivity contribution in [2.75, 3.05) is 18.0 Å². The van der Waals surface area contributed by atoms with Gasteiger partial charge in [0.1, 0.15) is 0 Å². The molecule has 0 radical (unpaired) electrons. The molecule has 7 nitrogen and oxygen atoms in total. The molecular formula is C15H16FN3O4. The first kappa shape index (κ1) is 15.4. The molecule has 0 aliphatic carbocycles. The number of hydrogen-bond donors (Lipinski definition) is 1. The predicted octanol–water partition coefficient (Wildman–Crippen LogP) is 1.76. The summed E-state index contributed by atoms with van der Waals surface area (Å²) >= 11 is 0. The number of hydrogen-bond acceptors (Lipinski definition) is 5. The number of nitrogens with one attached hydrogen (secondary N) is 1. The van der Waals surface area contributed by atoms with E-state index < -0.39 is 16.2 Å². The Morgan fingerprint density at radius 1 is 1.30 bits per heavy atom. The second kappa shape index (κ2) is 5.60. The molecule has 2 amide bonds. The Hall–Kier alpha value is -2.51. The Kier molecular flexibility index (Phi) is 3.75. The number of anilines is 1. The van der Waals surface area contributed by atoms with Crippen LogP contribution in [0.1, 0.15) is 25.7 Å². The number of carbonyl (C=O) groups excluding carboxylic acids is 2. The van der Waals surface area contributed by atoms with Crippen molar-refractivity contribution in [2.45, 2.75) is 25.7 Å². The predicted molar refractivity (Wildman–Crippen MR) is 79.3 cm³/mol. The van der Waals surface area contributed by atoms with Crippen LogP contribution in [0.2, 0.25) is 0 Å². The van der Waals surface area contributed by atoms with E-state index in [2.05, 4.69) is 5.32 Å². The van der Waals surface area contributed by atoms with Gasteiger partial charge in [0.25, 0.3) is 5.69 Å². The first-order valence-electron chi connectivity index (χ1n) is 7.44. The fourth-order valence-electron chi connectivity index (χ4n) is 3.36. The van der Waals surface area contributed by atoms with Crippen LogP contribution in [0.3, 0.4) is 0 Å². The Balaban J connectivity index is 1.83. The van der Waals surface area contributed by atoms with Gasteiger partial charge in [-0.05, 0) is 25.3 Å². The summed E-state index contributed by atoms with van der Waals surface area (Å²) in [5.41, 5.74) is -0.755. The van der Waals surface area contributed by atoms with E-state index in [1.807, 2.05) is 0 Å². The van der Waals surface area contributed by atoms with Crippen LogP contribution >= 0.6 is 0 Å². The molecule has 23 heavy (non-hydrogen) atoms. The van der Waals surface area contributed by atoms with Crippen molar-refractivity contribution in [3.8, 4) is 0 Å². The van der Waals surface area contributed by atoms with Crippen molar-refractivity contribution in [3.05, 3.63) is 34.1 Å². The zero-order chi connectivity index (χ0) is 16.6. The van der Waals surface area contributed by atoms with E-state index in [1.165, 1.54) is 12.1 Å². The van der Waals surface area contributed by atoms with Crippen LogP contribution in [0.5, 0.6) is 0 Å². The molecule has 2 fully saturated rings. The zero-order valence-electron chi connectivity index (χ0n) is 12.4. The minimum atomic E-state index is -0.694. The van der Waals surface area contributed by atoms with Gasteiger partial charge in [-0.3, -0.25) is 25.0 Å². The monoisotopic (exact) mass is 321 g/mol. The van der Waals surface area contributed by atoms with Crippen molar-refractivity contribution in [2.24, 2.45) is 5.41 Å². The third-order valence-corrected chi connectivity index (χ3v) is 4.63. The molecule has 1 aromatic carbocycles. The summed E-state index contributed by atoms with van der Waals surface area (Å²) in [4.78, 5) is 35.5. The molecule has 1 aromatic rings. The number of nitrogens with zero attached hydrogens (tertiary/aromatic N) is 2. The Bertz CT molecular complexity index is 693. The number of rotatable bonds is 2. The van der Waals surface area contributed by atoms with Crippen molar-refractivity contribution >= 4 is 23.2 Å². The maximum absolute atomic E-state index is 14.2. The molecule has 2 saturated heterocycles. The normalized spacial score (nSPS) is 24.7. The second-order valence-electron chi connectivity index (χ2n) is 6.08. The molecule has 0 aromatic heterocycles. The highest BCUT2D eigenvalue weighted by Crippen LogP contribution is 2.40. The van der Waals surface area contributed by atoms with E-state index in [0.29, 0.717) is 38.8 Å². The van der Waals surface area contributed by atoms with Gasteiger partial charge in [0.2, 0.25) is 11.8 Å². The van der Waals surface area contributed by atoms with E-state index in [9.17, 15) is 24.1 Å². The second-order valence-corrected chi connectivity index (χ2v) is 6.08. The number of nitro benzene ring substituents is 1. The van der Waals surface area contributed by atoms with Crippen LogP contribution in [0.4, 0.5) is 15.8 Å². The molecule has 8 heteroatoms. The lowest BCUT2D eigenvalue weighted by atomic mass is 9.82. The van der Waals surface area contributed by atoms with Gasteiger partial charge < -0.3 is 4.90 Å². The van der Waals surface area contributed by atoms with Gasteiger partial charge in [-0.2, -0.15) is 0 Å². The van der Waals surface area contributed by atoms with Crippen molar-refractivity contribution < 1.29 is 18.9 Å². The Morgan fingerprint density at radius 2 is 2.09 bits per heavy atom. The maximum Gasteiger partial charge on any atom is 0.272 e. The third-order valence-electron chi connectivity index (χ3n) is 4.63. The van der Waals surface area contributed by atoms with E-state index >= 15 is 0 Å². The zero-order valence-corrected chi connectivity index (χ0v) is 12.4. The SMILES string of the molecule is O=C1CCCC2(CCN(c3ccc([N+](=O)[O-])cc3F)C2)C(=O)N1. The summed E-state index contributed by atoms with van der Waals surface area (Å²) in [5, 5.41) is 13.1. The van der Waals surface area contributed by atoms with Crippen LogP contribution in [0.25, 0.3) is 0 Å². The molecule has 1 N–H and O–H groups in total. The highest BCUT2D eigenvalue weighted by molar-refractivity contribution is 5.99. The highest BCUT2D eigenvalue weighted by Gasteiger charge is 2.46. The summed E-state index contributed by atoms with van der Waals surface area (Å²) in [5.74, 6) is -1.25. The van der Waals surface area contributed by atoms with Crippen LogP contribution in [-0.4, -0.2) is 29.8 Å². The van der Waals surface area contributed by atoms with E-state index in [-0.39, 0.29) is 23.2 Å². The summed E-state index contributed by atoms with van der Waals surface area (Å²) in [6, 6.07) is 3.50. The molecule has 3 rings (SSSR count). The van der Waals surface area contributed by atoms with Gasteiger partial charge >= 0.3 is 0 Å².